The lowest BCUT2D eigenvalue weighted by Crippen LogP contribution is -2.13. The first kappa shape index (κ1) is 16.2. The van der Waals surface area contributed by atoms with Crippen molar-refractivity contribution in [2.45, 2.75) is 57.8 Å². The molecule has 0 spiro atoms. The van der Waals surface area contributed by atoms with Gasteiger partial charge in [-0.2, -0.15) is 4.39 Å². The number of unbranched alkanes of at least 4 members (excludes halogenated alkanes) is 1. The maximum absolute atomic E-state index is 12.9. The highest BCUT2D eigenvalue weighted by Crippen LogP contribution is 2.38. The number of halogens is 1. The fourth-order valence-corrected chi connectivity index (χ4v) is 3.77. The molecule has 0 aliphatic heterocycles. The van der Waals surface area contributed by atoms with Gasteiger partial charge in [0.1, 0.15) is 0 Å². The first-order valence-electron chi connectivity index (χ1n) is 8.98. The van der Waals surface area contributed by atoms with Gasteiger partial charge in [0.15, 0.2) is 0 Å². The summed E-state index contributed by atoms with van der Waals surface area (Å²) in [6.45, 7) is 2.28. The predicted octanol–water partition coefficient (Wildman–Crippen LogP) is 6.35. The fourth-order valence-electron chi connectivity index (χ4n) is 3.77. The van der Waals surface area contributed by atoms with Gasteiger partial charge in [-0.15, -0.1) is 0 Å². The van der Waals surface area contributed by atoms with Crippen LogP contribution in [0.3, 0.4) is 0 Å². The van der Waals surface area contributed by atoms with Gasteiger partial charge in [-0.1, -0.05) is 50.5 Å². The molecule has 1 nitrogen and oxygen atoms in total. The summed E-state index contributed by atoms with van der Waals surface area (Å²) in [5.74, 6) is 1.24. The summed E-state index contributed by atoms with van der Waals surface area (Å²) in [5, 5.41) is 0. The molecule has 3 rings (SSSR count). The lowest BCUT2D eigenvalue weighted by Gasteiger charge is -2.29. The maximum Gasteiger partial charge on any atom is 0.212 e. The quantitative estimate of drug-likeness (QED) is 0.586. The Morgan fingerprint density at radius 2 is 1.65 bits per heavy atom. The van der Waals surface area contributed by atoms with E-state index in [0.717, 1.165) is 17.0 Å². The molecule has 0 amide bonds. The van der Waals surface area contributed by atoms with E-state index in [1.54, 1.807) is 12.3 Å². The van der Waals surface area contributed by atoms with E-state index in [1.807, 2.05) is 0 Å². The largest absolute Gasteiger partial charge is 0.228 e. The molecule has 23 heavy (non-hydrogen) atoms. The predicted molar refractivity (Wildman–Crippen MR) is 93.9 cm³/mol. The van der Waals surface area contributed by atoms with E-state index in [1.165, 1.54) is 56.6 Å². The van der Waals surface area contributed by atoms with Crippen LogP contribution in [0.4, 0.5) is 4.39 Å². The summed E-state index contributed by atoms with van der Waals surface area (Å²) in [7, 11) is 0. The van der Waals surface area contributed by atoms with E-state index < -0.39 is 5.95 Å². The van der Waals surface area contributed by atoms with Crippen LogP contribution >= 0.6 is 0 Å². The topological polar surface area (TPSA) is 12.9 Å². The molecule has 0 N–H and O–H groups in total. The molecular formula is C21H26FN. The molecule has 1 saturated carbocycles. The molecule has 1 fully saturated rings. The first-order chi connectivity index (χ1) is 11.3. The van der Waals surface area contributed by atoms with Crippen LogP contribution in [0.15, 0.2) is 42.6 Å². The molecule has 1 aromatic carbocycles. The highest BCUT2D eigenvalue weighted by Gasteiger charge is 2.21. The molecule has 1 aliphatic carbocycles. The zero-order chi connectivity index (χ0) is 16.1. The normalized spacial score (nSPS) is 21.3. The summed E-state index contributed by atoms with van der Waals surface area (Å²) < 4.78 is 12.9. The van der Waals surface area contributed by atoms with Crippen LogP contribution in [0, 0.1) is 11.9 Å². The van der Waals surface area contributed by atoms with Crippen LogP contribution < -0.4 is 0 Å². The van der Waals surface area contributed by atoms with Crippen LogP contribution in [0.2, 0.25) is 0 Å². The number of pyridine rings is 1. The second-order valence-electron chi connectivity index (χ2n) is 6.85. The minimum Gasteiger partial charge on any atom is -0.228 e. The van der Waals surface area contributed by atoms with Crippen LogP contribution in [-0.4, -0.2) is 4.98 Å². The van der Waals surface area contributed by atoms with E-state index >= 15 is 0 Å². The van der Waals surface area contributed by atoms with Crippen molar-refractivity contribution in [1.82, 2.24) is 4.98 Å². The van der Waals surface area contributed by atoms with Crippen molar-refractivity contribution in [2.75, 3.05) is 0 Å². The molecule has 1 aliphatic rings. The van der Waals surface area contributed by atoms with Gasteiger partial charge in [-0.25, -0.2) is 4.98 Å². The van der Waals surface area contributed by atoms with Crippen molar-refractivity contribution in [3.63, 3.8) is 0 Å². The molecule has 0 radical (unpaired) electrons. The molecule has 2 aromatic rings. The third kappa shape index (κ3) is 4.19. The maximum atomic E-state index is 12.9. The molecule has 0 saturated heterocycles. The van der Waals surface area contributed by atoms with Crippen molar-refractivity contribution in [3.8, 4) is 11.1 Å². The van der Waals surface area contributed by atoms with Crippen LogP contribution in [0.5, 0.6) is 0 Å². The Morgan fingerprint density at radius 3 is 2.26 bits per heavy atom. The van der Waals surface area contributed by atoms with E-state index in [-0.39, 0.29) is 0 Å². The Morgan fingerprint density at radius 1 is 0.957 bits per heavy atom. The SMILES string of the molecule is CCCCC1CCC(c2ccc(-c3ccc(F)nc3)cc2)CC1. The average Bonchev–Trinajstić information content (AvgIpc) is 2.61. The zero-order valence-electron chi connectivity index (χ0n) is 14.0. The molecule has 0 atom stereocenters. The third-order valence-electron chi connectivity index (χ3n) is 5.26. The van der Waals surface area contributed by atoms with E-state index in [2.05, 4.69) is 36.2 Å². The van der Waals surface area contributed by atoms with E-state index in [4.69, 9.17) is 0 Å². The number of benzene rings is 1. The smallest absolute Gasteiger partial charge is 0.212 e. The minimum absolute atomic E-state index is 0.426. The summed E-state index contributed by atoms with van der Waals surface area (Å²) in [5.41, 5.74) is 3.54. The summed E-state index contributed by atoms with van der Waals surface area (Å²) in [4.78, 5) is 3.73. The number of hydrogen-bond donors (Lipinski definition) is 0. The minimum atomic E-state index is -0.426. The monoisotopic (exact) mass is 311 g/mol. The first-order valence-corrected chi connectivity index (χ1v) is 8.98. The van der Waals surface area contributed by atoms with Gasteiger partial charge in [0, 0.05) is 11.8 Å². The molecule has 122 valence electrons. The Hall–Kier alpha value is -1.70. The number of nitrogens with zero attached hydrogens (tertiary/aromatic N) is 1. The third-order valence-corrected chi connectivity index (χ3v) is 5.26. The average molecular weight is 311 g/mol. The molecule has 1 heterocycles. The number of hydrogen-bond acceptors (Lipinski definition) is 1. The summed E-state index contributed by atoms with van der Waals surface area (Å²) in [6, 6.07) is 12.0. The van der Waals surface area contributed by atoms with E-state index in [9.17, 15) is 4.39 Å². The van der Waals surface area contributed by atoms with Crippen molar-refractivity contribution in [3.05, 3.63) is 54.1 Å². The molecule has 0 unspecified atom stereocenters. The van der Waals surface area contributed by atoms with Crippen molar-refractivity contribution in [1.29, 1.82) is 0 Å². The Balaban J connectivity index is 1.61. The standard InChI is InChI=1S/C21H26FN/c1-2-3-4-16-5-7-17(8-6-16)18-9-11-19(12-10-18)20-13-14-21(22)23-15-20/h9-17H,2-8H2,1H3. The lowest BCUT2D eigenvalue weighted by atomic mass is 9.77. The zero-order valence-corrected chi connectivity index (χ0v) is 14.0. The van der Waals surface area contributed by atoms with Gasteiger partial charge < -0.3 is 0 Å². The van der Waals surface area contributed by atoms with Gasteiger partial charge in [0.05, 0.1) is 0 Å². The van der Waals surface area contributed by atoms with Gasteiger partial charge in [-0.05, 0) is 60.8 Å². The van der Waals surface area contributed by atoms with Crippen molar-refractivity contribution in [2.24, 2.45) is 5.92 Å². The second-order valence-corrected chi connectivity index (χ2v) is 6.85. The summed E-state index contributed by atoms with van der Waals surface area (Å²) in [6.07, 6.45) is 11.1. The van der Waals surface area contributed by atoms with Gasteiger partial charge in [-0.3, -0.25) is 0 Å². The Bertz CT molecular complexity index is 595. The van der Waals surface area contributed by atoms with Crippen LogP contribution in [0.25, 0.3) is 11.1 Å². The van der Waals surface area contributed by atoms with Crippen molar-refractivity contribution < 1.29 is 4.39 Å². The van der Waals surface area contributed by atoms with Crippen LogP contribution in [-0.2, 0) is 0 Å². The van der Waals surface area contributed by atoms with Gasteiger partial charge in [0.25, 0.3) is 0 Å². The fraction of sp³-hybridized carbons (Fsp3) is 0.476. The highest BCUT2D eigenvalue weighted by atomic mass is 19.1. The number of rotatable bonds is 5. The summed E-state index contributed by atoms with van der Waals surface area (Å²) >= 11 is 0. The molecule has 2 heteroatoms. The van der Waals surface area contributed by atoms with Crippen LogP contribution in [0.1, 0.15) is 63.4 Å². The van der Waals surface area contributed by atoms with Gasteiger partial charge in [0.2, 0.25) is 5.95 Å². The Kier molecular flexibility index (Phi) is 5.43. The number of aromatic nitrogens is 1. The van der Waals surface area contributed by atoms with Crippen molar-refractivity contribution >= 4 is 0 Å². The van der Waals surface area contributed by atoms with Gasteiger partial charge >= 0.3 is 0 Å². The Labute approximate surface area is 139 Å². The molecular weight excluding hydrogens is 285 g/mol. The highest BCUT2D eigenvalue weighted by molar-refractivity contribution is 5.62. The molecule has 1 aromatic heterocycles. The molecule has 0 bridgehead atoms. The van der Waals surface area contributed by atoms with E-state index in [0.29, 0.717) is 5.92 Å². The second kappa shape index (κ2) is 7.72. The lowest BCUT2D eigenvalue weighted by molar-refractivity contribution is 0.304.